The van der Waals surface area contributed by atoms with Crippen molar-refractivity contribution < 1.29 is 9.53 Å². The van der Waals surface area contributed by atoms with Crippen LogP contribution in [0.4, 0.5) is 0 Å². The van der Waals surface area contributed by atoms with Crippen LogP contribution in [0.15, 0.2) is 30.5 Å². The molecular formula is C21H26N4O2. The summed E-state index contributed by atoms with van der Waals surface area (Å²) in [4.78, 5) is 24.1. The maximum Gasteiger partial charge on any atom is 0.227 e. The Morgan fingerprint density at radius 1 is 1.37 bits per heavy atom. The first kappa shape index (κ1) is 17.9. The minimum atomic E-state index is 0.116. The fraction of sp³-hybridized carbons (Fsp3) is 0.476. The summed E-state index contributed by atoms with van der Waals surface area (Å²) in [5, 5.41) is 3.42. The van der Waals surface area contributed by atoms with E-state index in [1.165, 1.54) is 6.42 Å². The number of amides is 1. The zero-order valence-corrected chi connectivity index (χ0v) is 15.8. The molecule has 2 aliphatic rings. The molecule has 1 aromatic carbocycles. The van der Waals surface area contributed by atoms with Crippen molar-refractivity contribution in [2.45, 2.75) is 38.1 Å². The summed E-state index contributed by atoms with van der Waals surface area (Å²) in [6.07, 6.45) is 5.40. The summed E-state index contributed by atoms with van der Waals surface area (Å²) in [6.45, 7) is 3.35. The zero-order chi connectivity index (χ0) is 18.6. The molecule has 142 valence electrons. The van der Waals surface area contributed by atoms with Crippen molar-refractivity contribution in [1.82, 2.24) is 20.2 Å². The molecule has 2 aliphatic heterocycles. The van der Waals surface area contributed by atoms with Crippen LogP contribution >= 0.6 is 0 Å². The van der Waals surface area contributed by atoms with E-state index in [9.17, 15) is 4.79 Å². The Morgan fingerprint density at radius 3 is 3.07 bits per heavy atom. The number of para-hydroxylation sites is 1. The molecule has 0 saturated carbocycles. The second kappa shape index (κ2) is 8.05. The number of nitrogens with one attached hydrogen (secondary N) is 1. The Morgan fingerprint density at radius 2 is 2.26 bits per heavy atom. The number of hydrogen-bond donors (Lipinski definition) is 1. The van der Waals surface area contributed by atoms with Gasteiger partial charge in [-0.1, -0.05) is 18.2 Å². The summed E-state index contributed by atoms with van der Waals surface area (Å²) < 4.78 is 5.36. The Bertz CT molecular complexity index is 818. The molecule has 1 saturated heterocycles. The van der Waals surface area contributed by atoms with E-state index in [-0.39, 0.29) is 5.91 Å². The quantitative estimate of drug-likeness (QED) is 0.897. The van der Waals surface area contributed by atoms with Crippen LogP contribution in [-0.2, 0) is 24.2 Å². The maximum absolute atomic E-state index is 12.8. The van der Waals surface area contributed by atoms with E-state index in [0.29, 0.717) is 25.4 Å². The lowest BCUT2D eigenvalue weighted by Crippen LogP contribution is -2.38. The van der Waals surface area contributed by atoms with E-state index in [4.69, 9.17) is 9.72 Å². The fourth-order valence-corrected chi connectivity index (χ4v) is 3.94. The van der Waals surface area contributed by atoms with Gasteiger partial charge in [0.15, 0.2) is 0 Å². The van der Waals surface area contributed by atoms with E-state index in [0.717, 1.165) is 54.3 Å². The number of ether oxygens (including phenoxy) is 1. The first-order valence-corrected chi connectivity index (χ1v) is 9.69. The molecule has 3 heterocycles. The van der Waals surface area contributed by atoms with Gasteiger partial charge in [0.05, 0.1) is 19.2 Å². The lowest BCUT2D eigenvalue weighted by Gasteiger charge is -2.29. The number of aromatic nitrogens is 2. The number of rotatable bonds is 4. The highest BCUT2D eigenvalue weighted by Gasteiger charge is 2.25. The van der Waals surface area contributed by atoms with E-state index in [1.807, 2.05) is 35.4 Å². The van der Waals surface area contributed by atoms with Gasteiger partial charge >= 0.3 is 0 Å². The van der Waals surface area contributed by atoms with Gasteiger partial charge in [0.25, 0.3) is 0 Å². The first-order chi connectivity index (χ1) is 13.2. The van der Waals surface area contributed by atoms with E-state index < -0.39 is 0 Å². The van der Waals surface area contributed by atoms with Crippen molar-refractivity contribution in [3.8, 4) is 5.75 Å². The van der Waals surface area contributed by atoms with Gasteiger partial charge in [-0.25, -0.2) is 9.97 Å². The predicted octanol–water partition coefficient (Wildman–Crippen LogP) is 2.08. The highest BCUT2D eigenvalue weighted by Crippen LogP contribution is 2.24. The molecule has 4 rings (SSSR count). The molecule has 0 radical (unpaired) electrons. The highest BCUT2D eigenvalue weighted by atomic mass is 16.5. The largest absolute Gasteiger partial charge is 0.496 e. The van der Waals surface area contributed by atoms with Crippen molar-refractivity contribution in [3.63, 3.8) is 0 Å². The van der Waals surface area contributed by atoms with Gasteiger partial charge in [-0.2, -0.15) is 0 Å². The van der Waals surface area contributed by atoms with Gasteiger partial charge in [-0.3, -0.25) is 4.79 Å². The van der Waals surface area contributed by atoms with E-state index in [2.05, 4.69) is 10.3 Å². The molecule has 1 amide bonds. The zero-order valence-electron chi connectivity index (χ0n) is 15.8. The summed E-state index contributed by atoms with van der Waals surface area (Å²) in [5.74, 6) is 2.24. The molecule has 6 nitrogen and oxygen atoms in total. The van der Waals surface area contributed by atoms with Crippen LogP contribution < -0.4 is 10.1 Å². The minimum absolute atomic E-state index is 0.116. The number of hydrogen-bond acceptors (Lipinski definition) is 5. The number of benzene rings is 1. The molecule has 0 aliphatic carbocycles. The van der Waals surface area contributed by atoms with Crippen LogP contribution in [0.2, 0.25) is 0 Å². The standard InChI is InChI=1S/C21H26N4O2/c1-27-19-7-3-2-5-15(19)11-20(26)25-10-8-18-17(14-25)13-23-21(24-18)16-6-4-9-22-12-16/h2-3,5,7,13,16,22H,4,6,8-12,14H2,1H3. The molecule has 27 heavy (non-hydrogen) atoms. The molecule has 0 bridgehead atoms. The number of nitrogens with zero attached hydrogens (tertiary/aromatic N) is 3. The van der Waals surface area contributed by atoms with Crippen molar-refractivity contribution in [3.05, 3.63) is 53.1 Å². The molecule has 1 aromatic heterocycles. The van der Waals surface area contributed by atoms with Gasteiger partial charge in [-0.05, 0) is 25.5 Å². The topological polar surface area (TPSA) is 67.3 Å². The normalized spacial score (nSPS) is 19.4. The van der Waals surface area contributed by atoms with Crippen molar-refractivity contribution in [1.29, 1.82) is 0 Å². The lowest BCUT2D eigenvalue weighted by molar-refractivity contribution is -0.131. The fourth-order valence-electron chi connectivity index (χ4n) is 3.94. The molecule has 1 atom stereocenters. The number of methoxy groups -OCH3 is 1. The summed E-state index contributed by atoms with van der Waals surface area (Å²) >= 11 is 0. The monoisotopic (exact) mass is 366 g/mol. The second-order valence-electron chi connectivity index (χ2n) is 7.30. The summed E-state index contributed by atoms with van der Waals surface area (Å²) in [5.41, 5.74) is 3.10. The van der Waals surface area contributed by atoms with E-state index in [1.54, 1.807) is 7.11 Å². The first-order valence-electron chi connectivity index (χ1n) is 9.69. The van der Waals surface area contributed by atoms with Crippen molar-refractivity contribution >= 4 is 5.91 Å². The Labute approximate surface area is 160 Å². The predicted molar refractivity (Wildman–Crippen MR) is 103 cm³/mol. The van der Waals surface area contributed by atoms with Crippen LogP contribution in [0.5, 0.6) is 5.75 Å². The van der Waals surface area contributed by atoms with E-state index >= 15 is 0 Å². The molecule has 1 unspecified atom stereocenters. The van der Waals surface area contributed by atoms with Gasteiger partial charge < -0.3 is 15.0 Å². The highest BCUT2D eigenvalue weighted by molar-refractivity contribution is 5.79. The molecule has 2 aromatic rings. The SMILES string of the molecule is COc1ccccc1CC(=O)N1CCc2nc(C3CCCNC3)ncc2C1. The van der Waals surface area contributed by atoms with Gasteiger partial charge in [0, 0.05) is 49.3 Å². The molecular weight excluding hydrogens is 340 g/mol. The summed E-state index contributed by atoms with van der Waals surface area (Å²) in [7, 11) is 1.64. The van der Waals surface area contributed by atoms with Crippen LogP contribution in [0.1, 0.15) is 41.4 Å². The Hall–Kier alpha value is -2.47. The third-order valence-corrected chi connectivity index (χ3v) is 5.50. The Balaban J connectivity index is 1.44. The summed E-state index contributed by atoms with van der Waals surface area (Å²) in [6, 6.07) is 7.69. The molecule has 1 N–H and O–H groups in total. The Kier molecular flexibility index (Phi) is 5.34. The van der Waals surface area contributed by atoms with Gasteiger partial charge in [-0.15, -0.1) is 0 Å². The van der Waals surface area contributed by atoms with Gasteiger partial charge in [0.2, 0.25) is 5.91 Å². The number of piperidine rings is 1. The van der Waals surface area contributed by atoms with Crippen LogP contribution in [-0.4, -0.2) is 47.5 Å². The third kappa shape index (κ3) is 3.95. The van der Waals surface area contributed by atoms with Crippen LogP contribution in [0, 0.1) is 0 Å². The van der Waals surface area contributed by atoms with Gasteiger partial charge in [0.1, 0.15) is 11.6 Å². The number of carbonyl (C=O) groups excluding carboxylic acids is 1. The molecule has 6 heteroatoms. The van der Waals surface area contributed by atoms with Crippen LogP contribution in [0.3, 0.4) is 0 Å². The lowest BCUT2D eigenvalue weighted by atomic mass is 9.98. The smallest absolute Gasteiger partial charge is 0.227 e. The maximum atomic E-state index is 12.8. The minimum Gasteiger partial charge on any atom is -0.496 e. The van der Waals surface area contributed by atoms with Crippen molar-refractivity contribution in [2.24, 2.45) is 0 Å². The number of carbonyl (C=O) groups is 1. The molecule has 0 spiro atoms. The average Bonchev–Trinajstić information content (AvgIpc) is 2.74. The second-order valence-corrected chi connectivity index (χ2v) is 7.30. The number of fused-ring (bicyclic) bond motifs is 1. The van der Waals surface area contributed by atoms with Crippen molar-refractivity contribution in [2.75, 3.05) is 26.7 Å². The van der Waals surface area contributed by atoms with Crippen LogP contribution in [0.25, 0.3) is 0 Å². The average molecular weight is 366 g/mol. The molecule has 1 fully saturated rings. The third-order valence-electron chi connectivity index (χ3n) is 5.50.